The predicted molar refractivity (Wildman–Crippen MR) is 191 cm³/mol. The van der Waals surface area contributed by atoms with Crippen LogP contribution in [0, 0.1) is 19.8 Å². The lowest BCUT2D eigenvalue weighted by atomic mass is 9.78. The standard InChI is InChI=1S/C39H57N5O3/c1-7-8-32(16-9-29-12-17-34(18-13-29)42(4)5)35-23-33(31-14-10-30(11-15-31)26-44-19-21-47-22-20-44)24-36(27(35)2)38(45)40-25-37-28(3)43(6)41-39(37)46/h10-11,14-15,23-24,29,32,34H,7-9,12-13,16-22,25-26H2,1-6H3,(H,40,45)(H,41,46)/t29-,32?,34-. The van der Waals surface area contributed by atoms with Crippen molar-refractivity contribution in [2.45, 2.75) is 97.2 Å². The number of nitrogens with zero attached hydrogens (tertiary/aromatic N) is 3. The quantitative estimate of drug-likeness (QED) is 0.221. The van der Waals surface area contributed by atoms with E-state index in [9.17, 15) is 9.59 Å². The Morgan fingerprint density at radius 2 is 1.72 bits per heavy atom. The van der Waals surface area contributed by atoms with Crippen LogP contribution in [0.15, 0.2) is 41.2 Å². The Labute approximate surface area is 281 Å². The number of aromatic nitrogens is 2. The van der Waals surface area contributed by atoms with E-state index in [2.05, 4.69) is 84.6 Å². The number of carbonyl (C=O) groups excluding carboxylic acids is 1. The maximum absolute atomic E-state index is 13.9. The van der Waals surface area contributed by atoms with Crippen molar-refractivity contribution in [2.75, 3.05) is 40.4 Å². The van der Waals surface area contributed by atoms with Crippen LogP contribution in [0.2, 0.25) is 0 Å². The number of hydrogen-bond donors (Lipinski definition) is 2. The van der Waals surface area contributed by atoms with Crippen molar-refractivity contribution in [3.63, 3.8) is 0 Å². The van der Waals surface area contributed by atoms with Crippen LogP contribution in [0.3, 0.4) is 0 Å². The Bertz CT molecular complexity index is 1530. The summed E-state index contributed by atoms with van der Waals surface area (Å²) in [6.45, 7) is 10.9. The first-order chi connectivity index (χ1) is 22.6. The molecule has 8 nitrogen and oxygen atoms in total. The van der Waals surface area contributed by atoms with Crippen molar-refractivity contribution in [3.8, 4) is 11.1 Å². The molecule has 2 aliphatic rings. The third kappa shape index (κ3) is 8.84. The fraction of sp³-hybridized carbons (Fsp3) is 0.590. The van der Waals surface area contributed by atoms with Crippen LogP contribution in [0.5, 0.6) is 0 Å². The zero-order chi connectivity index (χ0) is 33.5. The van der Waals surface area contributed by atoms with Gasteiger partial charge in [-0.3, -0.25) is 24.3 Å². The summed E-state index contributed by atoms with van der Waals surface area (Å²) >= 11 is 0. The molecule has 5 rings (SSSR count). The van der Waals surface area contributed by atoms with Crippen molar-refractivity contribution in [1.82, 2.24) is 24.9 Å². The second kappa shape index (κ2) is 16.3. The first-order valence-electron chi connectivity index (χ1n) is 17.9. The second-order valence-electron chi connectivity index (χ2n) is 14.3. The van der Waals surface area contributed by atoms with Gasteiger partial charge in [-0.2, -0.15) is 0 Å². The summed E-state index contributed by atoms with van der Waals surface area (Å²) in [5.74, 6) is 1.05. The molecule has 3 aromatic rings. The van der Waals surface area contributed by atoms with Crippen LogP contribution in [-0.4, -0.2) is 71.9 Å². The number of rotatable bonds is 13. The summed E-state index contributed by atoms with van der Waals surface area (Å²) in [4.78, 5) is 31.2. The largest absolute Gasteiger partial charge is 0.379 e. The van der Waals surface area contributed by atoms with Crippen molar-refractivity contribution in [2.24, 2.45) is 13.0 Å². The number of amides is 1. The zero-order valence-corrected chi connectivity index (χ0v) is 29.7. The average molecular weight is 644 g/mol. The topological polar surface area (TPSA) is 82.6 Å². The van der Waals surface area contributed by atoms with Crippen LogP contribution < -0.4 is 10.9 Å². The average Bonchev–Trinajstić information content (AvgIpc) is 3.32. The van der Waals surface area contributed by atoms with Crippen molar-refractivity contribution in [1.29, 1.82) is 0 Å². The molecular weight excluding hydrogens is 586 g/mol. The minimum absolute atomic E-state index is 0.130. The van der Waals surface area contributed by atoms with E-state index in [-0.39, 0.29) is 18.0 Å². The van der Waals surface area contributed by atoms with Gasteiger partial charge in [0.15, 0.2) is 0 Å². The van der Waals surface area contributed by atoms with Gasteiger partial charge in [0.1, 0.15) is 0 Å². The Balaban J connectivity index is 1.41. The van der Waals surface area contributed by atoms with Gasteiger partial charge in [-0.25, -0.2) is 0 Å². The lowest BCUT2D eigenvalue weighted by Gasteiger charge is -2.33. The van der Waals surface area contributed by atoms with E-state index >= 15 is 0 Å². The van der Waals surface area contributed by atoms with Crippen molar-refractivity contribution >= 4 is 5.91 Å². The molecule has 0 spiro atoms. The molecule has 1 atom stereocenters. The third-order valence-electron chi connectivity index (χ3n) is 10.9. The van der Waals surface area contributed by atoms with Crippen LogP contribution in [0.1, 0.15) is 103 Å². The molecule has 1 aromatic heterocycles. The molecule has 1 saturated carbocycles. The first-order valence-corrected chi connectivity index (χ1v) is 17.9. The fourth-order valence-electron chi connectivity index (χ4n) is 7.72. The first kappa shape index (κ1) is 35.1. The number of H-pyrrole nitrogens is 1. The predicted octanol–water partition coefficient (Wildman–Crippen LogP) is 6.54. The molecule has 0 radical (unpaired) electrons. The van der Waals surface area contributed by atoms with Crippen molar-refractivity contribution < 1.29 is 9.53 Å². The minimum atomic E-state index is -0.156. The van der Waals surface area contributed by atoms with Gasteiger partial charge < -0.3 is 15.0 Å². The van der Waals surface area contributed by atoms with Gasteiger partial charge >= 0.3 is 0 Å². The molecule has 2 aromatic carbocycles. The highest BCUT2D eigenvalue weighted by atomic mass is 16.5. The number of aromatic amines is 1. The van der Waals surface area contributed by atoms with E-state index in [4.69, 9.17) is 4.74 Å². The van der Waals surface area contributed by atoms with E-state index in [0.717, 1.165) is 80.4 Å². The Morgan fingerprint density at radius 1 is 1.02 bits per heavy atom. The second-order valence-corrected chi connectivity index (χ2v) is 14.3. The molecule has 47 heavy (non-hydrogen) atoms. The minimum Gasteiger partial charge on any atom is -0.379 e. The highest BCUT2D eigenvalue weighted by Gasteiger charge is 2.25. The number of ether oxygens (including phenoxy) is 1. The SMILES string of the molecule is CCCC(CC[C@H]1CC[C@H](N(C)C)CC1)c1cc(-c2ccc(CN3CCOCC3)cc2)cc(C(=O)NCc2c(C)n(C)[nH]c2=O)c1C. The van der Waals surface area contributed by atoms with E-state index in [0.29, 0.717) is 23.1 Å². The Hall–Kier alpha value is -3.20. The van der Waals surface area contributed by atoms with E-state index in [1.165, 1.54) is 43.2 Å². The maximum Gasteiger partial charge on any atom is 0.269 e. The van der Waals surface area contributed by atoms with Gasteiger partial charge in [-0.15, -0.1) is 0 Å². The van der Waals surface area contributed by atoms with Gasteiger partial charge in [0.25, 0.3) is 11.5 Å². The number of aryl methyl sites for hydroxylation is 1. The smallest absolute Gasteiger partial charge is 0.269 e. The van der Waals surface area contributed by atoms with Gasteiger partial charge in [0, 0.05) is 44.0 Å². The number of nitrogens with one attached hydrogen (secondary N) is 2. The summed E-state index contributed by atoms with van der Waals surface area (Å²) in [6, 6.07) is 14.0. The molecule has 1 aliphatic heterocycles. The molecule has 1 aliphatic carbocycles. The molecule has 256 valence electrons. The molecular formula is C39H57N5O3. The van der Waals surface area contributed by atoms with E-state index in [1.54, 1.807) is 4.68 Å². The molecule has 2 heterocycles. The summed E-state index contributed by atoms with van der Waals surface area (Å²) in [7, 11) is 6.24. The highest BCUT2D eigenvalue weighted by Crippen LogP contribution is 2.38. The fourth-order valence-corrected chi connectivity index (χ4v) is 7.72. The molecule has 2 fully saturated rings. The molecule has 2 N–H and O–H groups in total. The molecule has 1 saturated heterocycles. The monoisotopic (exact) mass is 643 g/mol. The molecule has 8 heteroatoms. The normalized spacial score (nSPS) is 19.6. The van der Waals surface area contributed by atoms with Gasteiger partial charge in [-0.05, 0) is 119 Å². The Morgan fingerprint density at radius 3 is 2.34 bits per heavy atom. The molecule has 0 bridgehead atoms. The van der Waals surface area contributed by atoms with Gasteiger partial charge in [0.05, 0.1) is 25.3 Å². The molecule has 1 amide bonds. The summed E-state index contributed by atoms with van der Waals surface area (Å²) < 4.78 is 7.23. The van der Waals surface area contributed by atoms with Crippen LogP contribution in [-0.2, 0) is 24.9 Å². The number of benzene rings is 2. The van der Waals surface area contributed by atoms with Gasteiger partial charge in [0.2, 0.25) is 0 Å². The van der Waals surface area contributed by atoms with Crippen molar-refractivity contribution in [3.05, 3.63) is 80.3 Å². The van der Waals surface area contributed by atoms with E-state index in [1.807, 2.05) is 14.0 Å². The van der Waals surface area contributed by atoms with Crippen LogP contribution in [0.25, 0.3) is 11.1 Å². The lowest BCUT2D eigenvalue weighted by Crippen LogP contribution is -2.35. The summed E-state index contributed by atoms with van der Waals surface area (Å²) in [5, 5.41) is 5.88. The van der Waals surface area contributed by atoms with Gasteiger partial charge in [-0.1, -0.05) is 43.7 Å². The number of carbonyl (C=O) groups is 1. The summed E-state index contributed by atoms with van der Waals surface area (Å²) in [6.07, 6.45) is 9.80. The highest BCUT2D eigenvalue weighted by molar-refractivity contribution is 5.97. The number of hydrogen-bond acceptors (Lipinski definition) is 5. The molecule has 1 unspecified atom stereocenters. The Kier molecular flexibility index (Phi) is 12.2. The van der Waals surface area contributed by atoms with Crippen LogP contribution >= 0.6 is 0 Å². The zero-order valence-electron chi connectivity index (χ0n) is 29.7. The number of morpholine rings is 1. The van der Waals surface area contributed by atoms with Crippen LogP contribution in [0.4, 0.5) is 0 Å². The lowest BCUT2D eigenvalue weighted by molar-refractivity contribution is 0.0342. The maximum atomic E-state index is 13.9. The summed E-state index contributed by atoms with van der Waals surface area (Å²) in [5.41, 5.74) is 7.82. The van der Waals surface area contributed by atoms with E-state index < -0.39 is 0 Å². The third-order valence-corrected chi connectivity index (χ3v) is 10.9.